The number of anilines is 2. The Bertz CT molecular complexity index is 1290. The first-order chi connectivity index (χ1) is 15.9. The Labute approximate surface area is 197 Å². The summed E-state index contributed by atoms with van der Waals surface area (Å²) in [5.41, 5.74) is 1.92. The third kappa shape index (κ3) is 5.59. The summed E-state index contributed by atoms with van der Waals surface area (Å²) in [4.78, 5) is 34.9. The molecule has 3 heterocycles. The van der Waals surface area contributed by atoms with E-state index in [9.17, 15) is 14.7 Å². The Kier molecular flexibility index (Phi) is 6.75. The summed E-state index contributed by atoms with van der Waals surface area (Å²) in [7, 11) is 0. The molecule has 0 aliphatic heterocycles. The van der Waals surface area contributed by atoms with E-state index in [0.29, 0.717) is 56.9 Å². The zero-order valence-corrected chi connectivity index (χ0v) is 18.8. The van der Waals surface area contributed by atoms with Gasteiger partial charge in [-0.3, -0.25) is 9.69 Å². The molecule has 2 amide bonds. The Morgan fingerprint density at radius 1 is 1.12 bits per heavy atom. The zero-order valence-electron chi connectivity index (χ0n) is 17.1. The molecule has 10 nitrogen and oxygen atoms in total. The van der Waals surface area contributed by atoms with Gasteiger partial charge in [0.1, 0.15) is 20.5 Å². The van der Waals surface area contributed by atoms with Crippen molar-refractivity contribution in [2.24, 2.45) is 0 Å². The molecular formula is C21H19N5O5S2. The number of urea groups is 1. The maximum Gasteiger partial charge on any atom is 0.327 e. The summed E-state index contributed by atoms with van der Waals surface area (Å²) in [5, 5.41) is 24.5. The molecule has 3 N–H and O–H groups in total. The summed E-state index contributed by atoms with van der Waals surface area (Å²) in [5.74, 6) is -0.259. The second kappa shape index (κ2) is 9.88. The standard InChI is InChI=1S/C21H19N5O5S2/c27-17-11-15(31-25-17)12-4-6-13(7-5-12)22-20(30)26(10-2-1-3-18(28)29)16-9-8-14-19(24-16)33-21(32)23-14/h4-9,11H,1-3,10H2,(H,22,30)(H,23,32)(H,25,27)(H,28,29). The van der Waals surface area contributed by atoms with Crippen molar-refractivity contribution in [3.05, 3.63) is 42.5 Å². The van der Waals surface area contributed by atoms with Gasteiger partial charge < -0.3 is 20.1 Å². The van der Waals surface area contributed by atoms with Crippen molar-refractivity contribution < 1.29 is 24.3 Å². The van der Waals surface area contributed by atoms with Crippen molar-refractivity contribution >= 4 is 57.8 Å². The number of hydrogen-bond donors (Lipinski definition) is 4. The van der Waals surface area contributed by atoms with Crippen molar-refractivity contribution in [2.75, 3.05) is 16.8 Å². The van der Waals surface area contributed by atoms with E-state index in [-0.39, 0.29) is 12.3 Å². The number of nitrogens with one attached hydrogen (secondary N) is 1. The number of aromatic nitrogens is 3. The minimum absolute atomic E-state index is 0.0262. The average Bonchev–Trinajstić information content (AvgIpc) is 3.38. The minimum atomic E-state index is -0.878. The highest BCUT2D eigenvalue weighted by Gasteiger charge is 2.19. The average molecular weight is 486 g/mol. The van der Waals surface area contributed by atoms with Crippen LogP contribution in [-0.4, -0.2) is 43.9 Å². The predicted molar refractivity (Wildman–Crippen MR) is 126 cm³/mol. The van der Waals surface area contributed by atoms with Gasteiger partial charge in [-0.05, 0) is 54.4 Å². The number of amides is 2. The maximum absolute atomic E-state index is 13.1. The largest absolute Gasteiger partial charge is 0.491 e. The van der Waals surface area contributed by atoms with Gasteiger partial charge in [-0.15, -0.1) is 12.6 Å². The van der Waals surface area contributed by atoms with Crippen molar-refractivity contribution in [3.8, 4) is 17.2 Å². The summed E-state index contributed by atoms with van der Waals surface area (Å²) in [6, 6.07) is 11.3. The van der Waals surface area contributed by atoms with E-state index >= 15 is 0 Å². The molecule has 12 heteroatoms. The molecule has 0 aliphatic carbocycles. The molecule has 0 spiro atoms. The third-order valence-corrected chi connectivity index (χ3v) is 5.83. The molecule has 0 saturated carbocycles. The highest BCUT2D eigenvalue weighted by atomic mass is 32.2. The van der Waals surface area contributed by atoms with Crippen LogP contribution >= 0.6 is 24.0 Å². The number of unbranched alkanes of at least 4 members (excludes halogenated alkanes) is 1. The van der Waals surface area contributed by atoms with Gasteiger partial charge in [-0.2, -0.15) is 0 Å². The van der Waals surface area contributed by atoms with Crippen LogP contribution in [0.15, 0.2) is 51.3 Å². The molecule has 0 aliphatic rings. The first kappa shape index (κ1) is 22.6. The number of fused-ring (bicyclic) bond motifs is 1. The first-order valence-corrected chi connectivity index (χ1v) is 11.2. The molecule has 4 aromatic rings. The zero-order chi connectivity index (χ0) is 23.4. The molecule has 0 atom stereocenters. The van der Waals surface area contributed by atoms with Crippen LogP contribution in [0.25, 0.3) is 21.7 Å². The summed E-state index contributed by atoms with van der Waals surface area (Å²) >= 11 is 5.56. The molecule has 1 aromatic carbocycles. The van der Waals surface area contributed by atoms with Crippen LogP contribution in [0.3, 0.4) is 0 Å². The number of rotatable bonds is 8. The number of aromatic hydroxyl groups is 1. The van der Waals surface area contributed by atoms with Crippen LogP contribution in [-0.2, 0) is 4.79 Å². The van der Waals surface area contributed by atoms with Crippen LogP contribution in [0.1, 0.15) is 19.3 Å². The molecule has 0 radical (unpaired) electrons. The molecular weight excluding hydrogens is 466 g/mol. The number of hydrogen-bond acceptors (Lipinski definition) is 9. The van der Waals surface area contributed by atoms with Crippen LogP contribution in [0.2, 0.25) is 0 Å². The van der Waals surface area contributed by atoms with Gasteiger partial charge in [0.2, 0.25) is 0 Å². The lowest BCUT2D eigenvalue weighted by Crippen LogP contribution is -2.36. The topological polar surface area (TPSA) is 142 Å². The number of aliphatic carboxylic acids is 1. The van der Waals surface area contributed by atoms with E-state index in [4.69, 9.17) is 9.63 Å². The number of nitrogens with zero attached hydrogens (tertiary/aromatic N) is 4. The molecule has 0 fully saturated rings. The number of carboxylic acid groups (broad SMARTS) is 1. The van der Waals surface area contributed by atoms with E-state index in [0.717, 1.165) is 0 Å². The third-order valence-electron chi connectivity index (χ3n) is 4.69. The highest BCUT2D eigenvalue weighted by molar-refractivity contribution is 7.82. The molecule has 0 bridgehead atoms. The van der Waals surface area contributed by atoms with Gasteiger partial charge >= 0.3 is 12.0 Å². The Morgan fingerprint density at radius 2 is 1.91 bits per heavy atom. The Balaban J connectivity index is 1.52. The normalized spacial score (nSPS) is 10.9. The van der Waals surface area contributed by atoms with Crippen molar-refractivity contribution in [1.29, 1.82) is 0 Å². The van der Waals surface area contributed by atoms with Gasteiger partial charge in [0.25, 0.3) is 5.88 Å². The van der Waals surface area contributed by atoms with Gasteiger partial charge in [-0.25, -0.2) is 14.8 Å². The van der Waals surface area contributed by atoms with Gasteiger partial charge in [-0.1, -0.05) is 11.3 Å². The lowest BCUT2D eigenvalue weighted by molar-refractivity contribution is -0.137. The van der Waals surface area contributed by atoms with Crippen LogP contribution < -0.4 is 10.2 Å². The number of carboxylic acids is 1. The van der Waals surface area contributed by atoms with Gasteiger partial charge in [0.05, 0.1) is 0 Å². The number of benzene rings is 1. The minimum Gasteiger partial charge on any atom is -0.491 e. The number of carbonyl (C=O) groups excluding carboxylic acids is 1. The van der Waals surface area contributed by atoms with Crippen molar-refractivity contribution in [1.82, 2.24) is 15.1 Å². The summed E-state index contributed by atoms with van der Waals surface area (Å²) in [6.07, 6.45) is 0.952. The lowest BCUT2D eigenvalue weighted by atomic mass is 10.1. The Hall–Kier alpha value is -3.64. The monoisotopic (exact) mass is 485 g/mol. The van der Waals surface area contributed by atoms with Crippen LogP contribution in [0.5, 0.6) is 5.88 Å². The van der Waals surface area contributed by atoms with E-state index < -0.39 is 12.0 Å². The molecule has 4 rings (SSSR count). The van der Waals surface area contributed by atoms with Crippen molar-refractivity contribution in [3.63, 3.8) is 0 Å². The van der Waals surface area contributed by atoms with Gasteiger partial charge in [0, 0.05) is 30.3 Å². The van der Waals surface area contributed by atoms with E-state index in [1.54, 1.807) is 36.4 Å². The Morgan fingerprint density at radius 3 is 2.61 bits per heavy atom. The number of carbonyl (C=O) groups is 2. The maximum atomic E-state index is 13.1. The van der Waals surface area contributed by atoms with E-state index in [1.807, 2.05) is 0 Å². The molecule has 0 saturated heterocycles. The SMILES string of the molecule is O=C(O)CCCCN(C(=O)Nc1ccc(-c2cc(O)no2)cc1)c1ccc2nc(S)sc2n1. The first-order valence-electron chi connectivity index (χ1n) is 9.92. The van der Waals surface area contributed by atoms with Gasteiger partial charge in [0.15, 0.2) is 5.76 Å². The fourth-order valence-corrected chi connectivity index (χ4v) is 4.16. The quantitative estimate of drug-likeness (QED) is 0.209. The van der Waals surface area contributed by atoms with Crippen molar-refractivity contribution in [2.45, 2.75) is 23.6 Å². The lowest BCUT2D eigenvalue weighted by Gasteiger charge is -2.22. The molecule has 33 heavy (non-hydrogen) atoms. The molecule has 0 unspecified atom stereocenters. The van der Waals surface area contributed by atoms with Crippen LogP contribution in [0.4, 0.5) is 16.3 Å². The molecule has 170 valence electrons. The second-order valence-corrected chi connectivity index (χ2v) is 8.75. The van der Waals surface area contributed by atoms with Crippen LogP contribution in [0, 0.1) is 0 Å². The fraction of sp³-hybridized carbons (Fsp3) is 0.190. The highest BCUT2D eigenvalue weighted by Crippen LogP contribution is 2.27. The fourth-order valence-electron chi connectivity index (χ4n) is 3.12. The van der Waals surface area contributed by atoms with E-state index in [2.05, 4.69) is 33.1 Å². The number of pyridine rings is 1. The smallest absolute Gasteiger partial charge is 0.327 e. The predicted octanol–water partition coefficient (Wildman–Crippen LogP) is 4.63. The summed E-state index contributed by atoms with van der Waals surface area (Å²) in [6.45, 7) is 0.291. The second-order valence-electron chi connectivity index (χ2n) is 7.05. The number of thiol groups is 1. The molecule has 3 aromatic heterocycles. The summed E-state index contributed by atoms with van der Waals surface area (Å²) < 4.78 is 5.60. The van der Waals surface area contributed by atoms with E-state index in [1.165, 1.54) is 22.3 Å². The number of thiazole rings is 1.